The third kappa shape index (κ3) is 6.38. The van der Waals surface area contributed by atoms with E-state index in [1.165, 1.54) is 23.6 Å². The molecule has 0 aliphatic carbocycles. The van der Waals surface area contributed by atoms with Crippen LogP contribution in [0.1, 0.15) is 17.3 Å². The Balaban J connectivity index is 2.00. The Morgan fingerprint density at radius 2 is 1.75 bits per heavy atom. The molecule has 0 radical (unpaired) electrons. The number of nitrogens with one attached hydrogen (secondary N) is 1. The van der Waals surface area contributed by atoms with Crippen molar-refractivity contribution in [1.82, 2.24) is 4.90 Å². The Morgan fingerprint density at radius 3 is 2.39 bits per heavy atom. The molecular formula is C20H21BrN2O4S. The summed E-state index contributed by atoms with van der Waals surface area (Å²) in [7, 11) is 3.35. The van der Waals surface area contributed by atoms with Gasteiger partial charge in [0.1, 0.15) is 0 Å². The van der Waals surface area contributed by atoms with Crippen molar-refractivity contribution in [3.63, 3.8) is 0 Å². The number of thioether (sulfide) groups is 1. The van der Waals surface area contributed by atoms with Crippen LogP contribution in [0.25, 0.3) is 0 Å². The molecule has 2 aromatic rings. The number of carbonyl (C=O) groups excluding carboxylic acids is 3. The monoisotopic (exact) mass is 464 g/mol. The highest BCUT2D eigenvalue weighted by atomic mass is 79.9. The number of hydrogen-bond donors (Lipinski definition) is 1. The van der Waals surface area contributed by atoms with E-state index in [4.69, 9.17) is 4.74 Å². The van der Waals surface area contributed by atoms with Crippen molar-refractivity contribution in [2.24, 2.45) is 0 Å². The summed E-state index contributed by atoms with van der Waals surface area (Å²) in [6.45, 7) is 1.51. The molecule has 0 spiro atoms. The highest BCUT2D eigenvalue weighted by Crippen LogP contribution is 2.24. The van der Waals surface area contributed by atoms with E-state index in [1.807, 2.05) is 0 Å². The van der Waals surface area contributed by atoms with E-state index in [1.54, 1.807) is 62.6 Å². The van der Waals surface area contributed by atoms with Gasteiger partial charge >= 0.3 is 5.97 Å². The van der Waals surface area contributed by atoms with Crippen LogP contribution in [0.15, 0.2) is 57.9 Å². The molecule has 1 N–H and O–H groups in total. The Morgan fingerprint density at radius 1 is 1.11 bits per heavy atom. The SMILES string of the molecule is CC(OC(=O)c1ccccc1SCC(=O)N(C)C)C(=O)Nc1ccc(Br)cc1. The minimum atomic E-state index is -0.974. The first-order valence-electron chi connectivity index (χ1n) is 8.47. The van der Waals surface area contributed by atoms with Gasteiger partial charge in [-0.3, -0.25) is 9.59 Å². The number of benzene rings is 2. The zero-order valence-electron chi connectivity index (χ0n) is 15.8. The Kier molecular flexibility index (Phi) is 8.07. The van der Waals surface area contributed by atoms with Crippen molar-refractivity contribution in [3.05, 3.63) is 58.6 Å². The van der Waals surface area contributed by atoms with Gasteiger partial charge in [-0.2, -0.15) is 0 Å². The molecule has 0 aromatic heterocycles. The molecule has 0 heterocycles. The lowest BCUT2D eigenvalue weighted by atomic mass is 10.2. The first kappa shape index (κ1) is 22.0. The van der Waals surface area contributed by atoms with Crippen LogP contribution in [0.4, 0.5) is 5.69 Å². The van der Waals surface area contributed by atoms with Crippen molar-refractivity contribution in [1.29, 1.82) is 0 Å². The van der Waals surface area contributed by atoms with Crippen molar-refractivity contribution in [3.8, 4) is 0 Å². The van der Waals surface area contributed by atoms with Gasteiger partial charge in [0.15, 0.2) is 6.10 Å². The summed E-state index contributed by atoms with van der Waals surface area (Å²) in [5, 5.41) is 2.70. The third-order valence-electron chi connectivity index (χ3n) is 3.72. The number of hydrogen-bond acceptors (Lipinski definition) is 5. The second-order valence-corrected chi connectivity index (χ2v) is 8.05. The van der Waals surface area contributed by atoms with Crippen molar-refractivity contribution >= 4 is 51.2 Å². The summed E-state index contributed by atoms with van der Waals surface area (Å²) >= 11 is 4.58. The van der Waals surface area contributed by atoms with E-state index in [9.17, 15) is 14.4 Å². The highest BCUT2D eigenvalue weighted by molar-refractivity contribution is 9.10. The van der Waals surface area contributed by atoms with E-state index in [-0.39, 0.29) is 11.7 Å². The number of esters is 1. The van der Waals surface area contributed by atoms with Crippen LogP contribution < -0.4 is 5.32 Å². The van der Waals surface area contributed by atoms with Crippen LogP contribution in [0.5, 0.6) is 0 Å². The third-order valence-corrected chi connectivity index (χ3v) is 5.31. The molecule has 0 aliphatic rings. The lowest BCUT2D eigenvalue weighted by Gasteiger charge is -2.15. The second-order valence-electron chi connectivity index (χ2n) is 6.12. The van der Waals surface area contributed by atoms with E-state index >= 15 is 0 Å². The molecule has 0 aliphatic heterocycles. The van der Waals surface area contributed by atoms with Gasteiger partial charge in [-0.25, -0.2) is 4.79 Å². The fraction of sp³-hybridized carbons (Fsp3) is 0.250. The zero-order valence-corrected chi connectivity index (χ0v) is 18.2. The van der Waals surface area contributed by atoms with Gasteiger partial charge < -0.3 is 15.0 Å². The zero-order chi connectivity index (χ0) is 20.7. The largest absolute Gasteiger partial charge is 0.449 e. The number of amides is 2. The minimum absolute atomic E-state index is 0.0598. The molecule has 1 unspecified atom stereocenters. The predicted octanol–water partition coefficient (Wildman–Crippen LogP) is 3.81. The second kappa shape index (κ2) is 10.3. The van der Waals surface area contributed by atoms with Gasteiger partial charge in [-0.15, -0.1) is 11.8 Å². The van der Waals surface area contributed by atoms with Crippen molar-refractivity contribution in [2.75, 3.05) is 25.2 Å². The maximum absolute atomic E-state index is 12.5. The van der Waals surface area contributed by atoms with Gasteiger partial charge in [0.05, 0.1) is 11.3 Å². The average molecular weight is 465 g/mol. The van der Waals surface area contributed by atoms with Crippen LogP contribution in [-0.2, 0) is 14.3 Å². The summed E-state index contributed by atoms with van der Waals surface area (Å²) in [6, 6.07) is 13.9. The smallest absolute Gasteiger partial charge is 0.340 e. The Labute approximate surface area is 176 Å². The molecule has 0 saturated carbocycles. The van der Waals surface area contributed by atoms with Crippen LogP contribution >= 0.6 is 27.7 Å². The first-order chi connectivity index (χ1) is 13.3. The molecule has 2 rings (SSSR count). The number of carbonyl (C=O) groups is 3. The molecule has 2 amide bonds. The molecule has 148 valence electrons. The summed E-state index contributed by atoms with van der Waals surface area (Å²) in [5.74, 6) is -0.894. The molecule has 0 bridgehead atoms. The van der Waals surface area contributed by atoms with Gasteiger partial charge in [0.2, 0.25) is 5.91 Å². The van der Waals surface area contributed by atoms with Crippen LogP contribution in [0, 0.1) is 0 Å². The quantitative estimate of drug-likeness (QED) is 0.497. The molecule has 0 fully saturated rings. The average Bonchev–Trinajstić information content (AvgIpc) is 2.67. The maximum atomic E-state index is 12.5. The number of anilines is 1. The molecule has 28 heavy (non-hydrogen) atoms. The molecule has 2 aromatic carbocycles. The lowest BCUT2D eigenvalue weighted by Crippen LogP contribution is -2.30. The Bertz CT molecular complexity index is 856. The molecule has 6 nitrogen and oxygen atoms in total. The normalized spacial score (nSPS) is 11.4. The number of ether oxygens (including phenoxy) is 1. The molecular weight excluding hydrogens is 444 g/mol. The minimum Gasteiger partial charge on any atom is -0.449 e. The fourth-order valence-electron chi connectivity index (χ4n) is 2.08. The van der Waals surface area contributed by atoms with Gasteiger partial charge in [0, 0.05) is 29.2 Å². The van der Waals surface area contributed by atoms with E-state index in [0.29, 0.717) is 16.1 Å². The molecule has 0 saturated heterocycles. The number of rotatable bonds is 7. The number of halogens is 1. The van der Waals surface area contributed by atoms with E-state index < -0.39 is 18.0 Å². The summed E-state index contributed by atoms with van der Waals surface area (Å²) in [4.78, 5) is 38.7. The Hall–Kier alpha value is -2.32. The van der Waals surface area contributed by atoms with Crippen molar-refractivity contribution < 1.29 is 19.1 Å². The summed E-state index contributed by atoms with van der Waals surface area (Å²) in [5.41, 5.74) is 0.927. The lowest BCUT2D eigenvalue weighted by molar-refractivity contribution is -0.126. The van der Waals surface area contributed by atoms with Crippen molar-refractivity contribution in [2.45, 2.75) is 17.9 Å². The predicted molar refractivity (Wildman–Crippen MR) is 114 cm³/mol. The highest BCUT2D eigenvalue weighted by Gasteiger charge is 2.21. The maximum Gasteiger partial charge on any atom is 0.340 e. The molecule has 1 atom stereocenters. The first-order valence-corrected chi connectivity index (χ1v) is 10.2. The topological polar surface area (TPSA) is 75.7 Å². The van der Waals surface area contributed by atoms with Crippen LogP contribution in [0.3, 0.4) is 0 Å². The van der Waals surface area contributed by atoms with Gasteiger partial charge in [-0.1, -0.05) is 28.1 Å². The fourth-order valence-corrected chi connectivity index (χ4v) is 3.37. The van der Waals surface area contributed by atoms with Gasteiger partial charge in [-0.05, 0) is 43.3 Å². The van der Waals surface area contributed by atoms with E-state index in [2.05, 4.69) is 21.2 Å². The summed E-state index contributed by atoms with van der Waals surface area (Å²) in [6.07, 6.45) is -0.974. The van der Waals surface area contributed by atoms with E-state index in [0.717, 1.165) is 4.47 Å². The van der Waals surface area contributed by atoms with Crippen LogP contribution in [-0.4, -0.2) is 48.6 Å². The van der Waals surface area contributed by atoms with Gasteiger partial charge in [0.25, 0.3) is 5.91 Å². The summed E-state index contributed by atoms with van der Waals surface area (Å²) < 4.78 is 6.22. The van der Waals surface area contributed by atoms with Crippen LogP contribution in [0.2, 0.25) is 0 Å². The number of nitrogens with zero attached hydrogens (tertiary/aromatic N) is 1. The molecule has 8 heteroatoms. The standard InChI is InChI=1S/C20H21BrN2O4S/c1-13(19(25)22-15-10-8-14(21)9-11-15)27-20(26)16-6-4-5-7-17(16)28-12-18(24)23(2)3/h4-11,13H,12H2,1-3H3,(H,22,25).